The number of hydrogen-bond acceptors (Lipinski definition) is 4. The number of carbonyl (C=O) groups excluding carboxylic acids is 2. The van der Waals surface area contributed by atoms with Gasteiger partial charge in [-0.15, -0.1) is 0 Å². The fraction of sp³-hybridized carbons (Fsp3) is 0.364. The molecular formula is C11H14N4O2. The third kappa shape index (κ3) is 2.52. The third-order valence-corrected chi connectivity index (χ3v) is 2.59. The highest BCUT2D eigenvalue weighted by Gasteiger charge is 2.22. The molecule has 1 aliphatic heterocycles. The number of pyridine rings is 1. The van der Waals surface area contributed by atoms with Gasteiger partial charge in [-0.25, -0.2) is 4.98 Å². The lowest BCUT2D eigenvalue weighted by Crippen LogP contribution is -2.49. The summed E-state index contributed by atoms with van der Waals surface area (Å²) in [6.07, 6.45) is 1.57. The van der Waals surface area contributed by atoms with Crippen molar-refractivity contribution in [1.82, 2.24) is 15.2 Å². The van der Waals surface area contributed by atoms with Crippen molar-refractivity contribution in [2.45, 2.75) is 0 Å². The van der Waals surface area contributed by atoms with Crippen LogP contribution in [-0.2, 0) is 4.79 Å². The van der Waals surface area contributed by atoms with E-state index in [0.29, 0.717) is 24.5 Å². The molecule has 1 aromatic rings. The molecule has 2 rings (SSSR count). The number of anilines is 1. The number of carbonyl (C=O) groups is 2. The highest BCUT2D eigenvalue weighted by molar-refractivity contribution is 5.97. The van der Waals surface area contributed by atoms with E-state index in [0.717, 1.165) is 0 Å². The van der Waals surface area contributed by atoms with Gasteiger partial charge in [-0.2, -0.15) is 0 Å². The van der Waals surface area contributed by atoms with Crippen LogP contribution in [0.5, 0.6) is 0 Å². The molecule has 2 heterocycles. The van der Waals surface area contributed by atoms with Gasteiger partial charge < -0.3 is 15.5 Å². The first-order chi connectivity index (χ1) is 8.20. The summed E-state index contributed by atoms with van der Waals surface area (Å²) in [5.41, 5.74) is 0.541. The minimum absolute atomic E-state index is 0.118. The summed E-state index contributed by atoms with van der Waals surface area (Å²) in [5, 5.41) is 5.56. The smallest absolute Gasteiger partial charge is 0.254 e. The monoisotopic (exact) mass is 234 g/mol. The van der Waals surface area contributed by atoms with E-state index in [-0.39, 0.29) is 18.4 Å². The molecule has 0 unspecified atom stereocenters. The van der Waals surface area contributed by atoms with E-state index in [1.807, 2.05) is 0 Å². The number of rotatable bonds is 2. The van der Waals surface area contributed by atoms with Gasteiger partial charge in [0.05, 0.1) is 6.54 Å². The summed E-state index contributed by atoms with van der Waals surface area (Å²) in [6, 6.07) is 3.32. The molecule has 6 heteroatoms. The van der Waals surface area contributed by atoms with Gasteiger partial charge in [-0.05, 0) is 12.1 Å². The van der Waals surface area contributed by atoms with Gasteiger partial charge >= 0.3 is 0 Å². The summed E-state index contributed by atoms with van der Waals surface area (Å²) < 4.78 is 0. The van der Waals surface area contributed by atoms with Gasteiger partial charge in [-0.3, -0.25) is 9.59 Å². The molecule has 1 aliphatic rings. The molecule has 0 atom stereocenters. The Bertz CT molecular complexity index is 447. The Kier molecular flexibility index (Phi) is 3.22. The molecule has 0 saturated carbocycles. The van der Waals surface area contributed by atoms with Gasteiger partial charge in [-0.1, -0.05) is 0 Å². The second-order valence-electron chi connectivity index (χ2n) is 3.76. The van der Waals surface area contributed by atoms with Crippen LogP contribution in [-0.4, -0.2) is 48.4 Å². The van der Waals surface area contributed by atoms with Crippen molar-refractivity contribution in [3.05, 3.63) is 23.9 Å². The first-order valence-electron chi connectivity index (χ1n) is 5.40. The summed E-state index contributed by atoms with van der Waals surface area (Å²) >= 11 is 0. The highest BCUT2D eigenvalue weighted by Crippen LogP contribution is 2.09. The fourth-order valence-electron chi connectivity index (χ4n) is 1.69. The standard InChI is InChI=1S/C11H14N4O2/c1-12-9-6-8(2-3-13-9)11(17)15-5-4-14-10(16)7-15/h2-3,6H,4-5,7H2,1H3,(H,12,13)(H,14,16). The number of amides is 2. The quantitative estimate of drug-likeness (QED) is 0.736. The fourth-order valence-corrected chi connectivity index (χ4v) is 1.69. The zero-order chi connectivity index (χ0) is 12.3. The minimum Gasteiger partial charge on any atom is -0.373 e. The Morgan fingerprint density at radius 3 is 3.12 bits per heavy atom. The van der Waals surface area contributed by atoms with Crippen molar-refractivity contribution in [1.29, 1.82) is 0 Å². The number of nitrogens with zero attached hydrogens (tertiary/aromatic N) is 2. The van der Waals surface area contributed by atoms with E-state index in [1.165, 1.54) is 4.90 Å². The summed E-state index contributed by atoms with van der Waals surface area (Å²) in [6.45, 7) is 1.17. The number of hydrogen-bond donors (Lipinski definition) is 2. The van der Waals surface area contributed by atoms with E-state index in [1.54, 1.807) is 25.4 Å². The lowest BCUT2D eigenvalue weighted by atomic mass is 10.2. The molecule has 0 bridgehead atoms. The van der Waals surface area contributed by atoms with Crippen LogP contribution in [0.25, 0.3) is 0 Å². The molecule has 0 radical (unpaired) electrons. The molecule has 0 spiro atoms. The van der Waals surface area contributed by atoms with E-state index < -0.39 is 0 Å². The maximum atomic E-state index is 12.1. The van der Waals surface area contributed by atoms with Crippen LogP contribution in [0.4, 0.5) is 5.82 Å². The van der Waals surface area contributed by atoms with E-state index >= 15 is 0 Å². The number of piperazine rings is 1. The summed E-state index contributed by atoms with van der Waals surface area (Å²) in [5.74, 6) is 0.378. The van der Waals surface area contributed by atoms with Crippen LogP contribution in [0.15, 0.2) is 18.3 Å². The number of nitrogens with one attached hydrogen (secondary N) is 2. The lowest BCUT2D eigenvalue weighted by Gasteiger charge is -2.26. The van der Waals surface area contributed by atoms with Crippen molar-refractivity contribution in [3.8, 4) is 0 Å². The van der Waals surface area contributed by atoms with Crippen molar-refractivity contribution >= 4 is 17.6 Å². The predicted octanol–water partition coefficient (Wildman–Crippen LogP) is -0.305. The van der Waals surface area contributed by atoms with Crippen LogP contribution < -0.4 is 10.6 Å². The van der Waals surface area contributed by atoms with Crippen LogP contribution in [0.3, 0.4) is 0 Å². The molecule has 1 aromatic heterocycles. The Labute approximate surface area is 99.0 Å². The van der Waals surface area contributed by atoms with Crippen molar-refractivity contribution in [2.75, 3.05) is 32.0 Å². The van der Waals surface area contributed by atoms with Gasteiger partial charge in [0.2, 0.25) is 5.91 Å². The molecule has 0 aromatic carbocycles. The Morgan fingerprint density at radius 2 is 2.41 bits per heavy atom. The molecule has 6 nitrogen and oxygen atoms in total. The molecule has 0 aliphatic carbocycles. The maximum Gasteiger partial charge on any atom is 0.254 e. The highest BCUT2D eigenvalue weighted by atomic mass is 16.2. The van der Waals surface area contributed by atoms with Crippen LogP contribution in [0, 0.1) is 0 Å². The second-order valence-corrected chi connectivity index (χ2v) is 3.76. The molecule has 90 valence electrons. The zero-order valence-electron chi connectivity index (χ0n) is 9.56. The molecule has 17 heavy (non-hydrogen) atoms. The van der Waals surface area contributed by atoms with E-state index in [9.17, 15) is 9.59 Å². The molecular weight excluding hydrogens is 220 g/mol. The molecule has 2 amide bonds. The van der Waals surface area contributed by atoms with Crippen molar-refractivity contribution < 1.29 is 9.59 Å². The normalized spacial score (nSPS) is 15.4. The molecule has 1 saturated heterocycles. The van der Waals surface area contributed by atoms with E-state index in [2.05, 4.69) is 15.6 Å². The number of aromatic nitrogens is 1. The lowest BCUT2D eigenvalue weighted by molar-refractivity contribution is -0.123. The van der Waals surface area contributed by atoms with Crippen LogP contribution in [0.1, 0.15) is 10.4 Å². The molecule has 2 N–H and O–H groups in total. The van der Waals surface area contributed by atoms with Gasteiger partial charge in [0.1, 0.15) is 5.82 Å². The predicted molar refractivity (Wildman–Crippen MR) is 62.7 cm³/mol. The van der Waals surface area contributed by atoms with Gasteiger partial charge in [0, 0.05) is 31.9 Å². The maximum absolute atomic E-state index is 12.1. The van der Waals surface area contributed by atoms with Crippen molar-refractivity contribution in [2.24, 2.45) is 0 Å². The van der Waals surface area contributed by atoms with Gasteiger partial charge in [0.25, 0.3) is 5.91 Å². The summed E-state index contributed by atoms with van der Waals surface area (Å²) in [4.78, 5) is 28.9. The van der Waals surface area contributed by atoms with Crippen LogP contribution >= 0.6 is 0 Å². The van der Waals surface area contributed by atoms with Gasteiger partial charge in [0.15, 0.2) is 0 Å². The zero-order valence-corrected chi connectivity index (χ0v) is 9.56. The largest absolute Gasteiger partial charge is 0.373 e. The minimum atomic E-state index is -0.140. The average molecular weight is 234 g/mol. The first-order valence-corrected chi connectivity index (χ1v) is 5.40. The van der Waals surface area contributed by atoms with Crippen LogP contribution in [0.2, 0.25) is 0 Å². The van der Waals surface area contributed by atoms with Crippen molar-refractivity contribution in [3.63, 3.8) is 0 Å². The second kappa shape index (κ2) is 4.82. The Balaban J connectivity index is 2.15. The Hall–Kier alpha value is -2.11. The third-order valence-electron chi connectivity index (χ3n) is 2.59. The SMILES string of the molecule is CNc1cc(C(=O)N2CCNC(=O)C2)ccn1. The Morgan fingerprint density at radius 1 is 1.59 bits per heavy atom. The average Bonchev–Trinajstić information content (AvgIpc) is 2.38. The molecule has 1 fully saturated rings. The first kappa shape index (κ1) is 11.4. The van der Waals surface area contributed by atoms with E-state index in [4.69, 9.17) is 0 Å². The topological polar surface area (TPSA) is 74.3 Å². The summed E-state index contributed by atoms with van der Waals surface area (Å²) in [7, 11) is 1.74.